The molecule has 1 rings (SSSR count). The van der Waals surface area contributed by atoms with E-state index in [-0.39, 0.29) is 18.7 Å². The molecular formula is C13H14F3NO4. The second kappa shape index (κ2) is 7.07. The monoisotopic (exact) mass is 305 g/mol. The zero-order valence-electron chi connectivity index (χ0n) is 11.2. The summed E-state index contributed by atoms with van der Waals surface area (Å²) in [7, 11) is 1.39. The van der Waals surface area contributed by atoms with Gasteiger partial charge in [-0.15, -0.1) is 0 Å². The molecule has 1 aromatic carbocycles. The maximum Gasteiger partial charge on any atom is 0.416 e. The molecule has 8 heteroatoms. The Labute approximate surface area is 118 Å². The maximum absolute atomic E-state index is 12.4. The lowest BCUT2D eigenvalue weighted by molar-refractivity contribution is -0.138. The Hall–Kier alpha value is -2.09. The van der Waals surface area contributed by atoms with E-state index in [4.69, 9.17) is 9.84 Å². The SMILES string of the molecule is COCCN(CC(=O)O)C(=O)c1ccc(C(F)(F)F)cc1. The van der Waals surface area contributed by atoms with E-state index in [9.17, 15) is 22.8 Å². The highest BCUT2D eigenvalue weighted by Gasteiger charge is 2.30. The van der Waals surface area contributed by atoms with Crippen molar-refractivity contribution < 1.29 is 32.6 Å². The highest BCUT2D eigenvalue weighted by atomic mass is 19.4. The number of carboxylic acids is 1. The van der Waals surface area contributed by atoms with E-state index in [1.165, 1.54) is 7.11 Å². The van der Waals surface area contributed by atoms with E-state index in [2.05, 4.69) is 0 Å². The van der Waals surface area contributed by atoms with Gasteiger partial charge in [-0.25, -0.2) is 0 Å². The van der Waals surface area contributed by atoms with Crippen molar-refractivity contribution in [3.05, 3.63) is 35.4 Å². The third-order valence-electron chi connectivity index (χ3n) is 2.64. The van der Waals surface area contributed by atoms with Gasteiger partial charge in [0.1, 0.15) is 6.54 Å². The van der Waals surface area contributed by atoms with Gasteiger partial charge in [-0.2, -0.15) is 13.2 Å². The first-order chi connectivity index (χ1) is 9.75. The molecule has 116 valence electrons. The molecule has 0 radical (unpaired) electrons. The summed E-state index contributed by atoms with van der Waals surface area (Å²) in [6.45, 7) is -0.397. The van der Waals surface area contributed by atoms with Crippen LogP contribution < -0.4 is 0 Å². The zero-order chi connectivity index (χ0) is 16.0. The number of carbonyl (C=O) groups is 2. The summed E-state index contributed by atoms with van der Waals surface area (Å²) in [5, 5.41) is 8.75. The number of ether oxygens (including phenoxy) is 1. The molecule has 0 aliphatic carbocycles. The number of hydrogen-bond acceptors (Lipinski definition) is 3. The van der Waals surface area contributed by atoms with E-state index in [1.807, 2.05) is 0 Å². The first-order valence-electron chi connectivity index (χ1n) is 5.93. The first-order valence-corrected chi connectivity index (χ1v) is 5.93. The fourth-order valence-electron chi connectivity index (χ4n) is 1.60. The van der Waals surface area contributed by atoms with Gasteiger partial charge in [0, 0.05) is 19.2 Å². The molecule has 0 fully saturated rings. The van der Waals surface area contributed by atoms with Gasteiger partial charge < -0.3 is 14.7 Å². The van der Waals surface area contributed by atoms with Crippen LogP contribution in [0, 0.1) is 0 Å². The van der Waals surface area contributed by atoms with Gasteiger partial charge in [-0.3, -0.25) is 9.59 Å². The minimum atomic E-state index is -4.49. The fraction of sp³-hybridized carbons (Fsp3) is 0.385. The Morgan fingerprint density at radius 1 is 1.24 bits per heavy atom. The quantitative estimate of drug-likeness (QED) is 0.871. The molecule has 0 spiro atoms. The predicted molar refractivity (Wildman–Crippen MR) is 66.9 cm³/mol. The van der Waals surface area contributed by atoms with Gasteiger partial charge in [0.15, 0.2) is 0 Å². The van der Waals surface area contributed by atoms with Crippen molar-refractivity contribution in [2.75, 3.05) is 26.8 Å². The topological polar surface area (TPSA) is 66.8 Å². The lowest BCUT2D eigenvalue weighted by Gasteiger charge is -2.20. The standard InChI is InChI=1S/C13H14F3NO4/c1-21-7-6-17(8-11(18)19)12(20)9-2-4-10(5-3-9)13(14,15)16/h2-5H,6-8H2,1H3,(H,18,19). The van der Waals surface area contributed by atoms with Crippen LogP contribution in [0.5, 0.6) is 0 Å². The molecular weight excluding hydrogens is 291 g/mol. The van der Waals surface area contributed by atoms with Gasteiger partial charge in [0.2, 0.25) is 0 Å². The molecule has 0 atom stereocenters. The lowest BCUT2D eigenvalue weighted by atomic mass is 10.1. The summed E-state index contributed by atoms with van der Waals surface area (Å²) in [6.07, 6.45) is -4.49. The fourth-order valence-corrected chi connectivity index (χ4v) is 1.60. The molecule has 1 amide bonds. The number of nitrogens with zero attached hydrogens (tertiary/aromatic N) is 1. The Balaban J connectivity index is 2.90. The van der Waals surface area contributed by atoms with Crippen LogP contribution in [-0.4, -0.2) is 48.7 Å². The second-order valence-electron chi connectivity index (χ2n) is 4.19. The number of aliphatic carboxylic acids is 1. The van der Waals surface area contributed by atoms with Crippen molar-refractivity contribution >= 4 is 11.9 Å². The second-order valence-corrected chi connectivity index (χ2v) is 4.19. The van der Waals surface area contributed by atoms with Crippen molar-refractivity contribution in [2.45, 2.75) is 6.18 Å². The van der Waals surface area contributed by atoms with Gasteiger partial charge in [0.25, 0.3) is 5.91 Å². The van der Waals surface area contributed by atoms with Crippen molar-refractivity contribution in [1.29, 1.82) is 0 Å². The summed E-state index contributed by atoms with van der Waals surface area (Å²) in [5.74, 6) is -1.88. The van der Waals surface area contributed by atoms with Crippen molar-refractivity contribution in [3.63, 3.8) is 0 Å². The zero-order valence-corrected chi connectivity index (χ0v) is 11.2. The number of amides is 1. The summed E-state index contributed by atoms with van der Waals surface area (Å²) in [6, 6.07) is 3.60. The maximum atomic E-state index is 12.4. The predicted octanol–water partition coefficient (Wildman–Crippen LogP) is 1.88. The van der Waals surface area contributed by atoms with Gasteiger partial charge in [-0.1, -0.05) is 0 Å². The van der Waals surface area contributed by atoms with Crippen LogP contribution in [0.4, 0.5) is 13.2 Å². The number of carbonyl (C=O) groups excluding carboxylic acids is 1. The molecule has 0 aromatic heterocycles. The highest BCUT2D eigenvalue weighted by molar-refractivity contribution is 5.95. The van der Waals surface area contributed by atoms with Crippen LogP contribution in [0.2, 0.25) is 0 Å². The summed E-state index contributed by atoms with van der Waals surface area (Å²) in [5.41, 5.74) is -0.888. The number of hydrogen-bond donors (Lipinski definition) is 1. The van der Waals surface area contributed by atoms with Crippen LogP contribution in [0.1, 0.15) is 15.9 Å². The summed E-state index contributed by atoms with van der Waals surface area (Å²) >= 11 is 0. The average molecular weight is 305 g/mol. The minimum Gasteiger partial charge on any atom is -0.480 e. The van der Waals surface area contributed by atoms with Crippen molar-refractivity contribution in [2.24, 2.45) is 0 Å². The van der Waals surface area contributed by atoms with E-state index in [0.717, 1.165) is 29.2 Å². The smallest absolute Gasteiger partial charge is 0.416 e. The Bertz CT molecular complexity index is 499. The van der Waals surface area contributed by atoms with Crippen LogP contribution in [0.15, 0.2) is 24.3 Å². The molecule has 1 N–H and O–H groups in total. The molecule has 0 unspecified atom stereocenters. The van der Waals surface area contributed by atoms with Crippen LogP contribution >= 0.6 is 0 Å². The highest BCUT2D eigenvalue weighted by Crippen LogP contribution is 2.29. The molecule has 1 aromatic rings. The Morgan fingerprint density at radius 3 is 2.24 bits per heavy atom. The van der Waals surface area contributed by atoms with Gasteiger partial charge in [0.05, 0.1) is 12.2 Å². The average Bonchev–Trinajstić information content (AvgIpc) is 2.41. The van der Waals surface area contributed by atoms with E-state index < -0.39 is 30.2 Å². The summed E-state index contributed by atoms with van der Waals surface area (Å²) in [4.78, 5) is 23.8. The number of rotatable bonds is 6. The van der Waals surface area contributed by atoms with Gasteiger partial charge in [-0.05, 0) is 24.3 Å². The molecule has 0 bridgehead atoms. The number of halogens is 3. The van der Waals surface area contributed by atoms with Crippen LogP contribution in [-0.2, 0) is 15.7 Å². The minimum absolute atomic E-state index is 0.0136. The Kier molecular flexibility index (Phi) is 5.71. The van der Waals surface area contributed by atoms with Gasteiger partial charge >= 0.3 is 12.1 Å². The number of methoxy groups -OCH3 is 1. The van der Waals surface area contributed by atoms with Crippen molar-refractivity contribution in [3.8, 4) is 0 Å². The molecule has 5 nitrogen and oxygen atoms in total. The van der Waals surface area contributed by atoms with Crippen LogP contribution in [0.25, 0.3) is 0 Å². The molecule has 0 saturated carbocycles. The van der Waals surface area contributed by atoms with E-state index in [1.54, 1.807) is 0 Å². The Morgan fingerprint density at radius 2 is 1.81 bits per heavy atom. The third-order valence-corrected chi connectivity index (χ3v) is 2.64. The molecule has 0 aliphatic rings. The molecule has 0 aliphatic heterocycles. The van der Waals surface area contributed by atoms with Crippen molar-refractivity contribution in [1.82, 2.24) is 4.90 Å². The number of alkyl halides is 3. The summed E-state index contributed by atoms with van der Waals surface area (Å²) < 4.78 is 42.1. The largest absolute Gasteiger partial charge is 0.480 e. The number of carboxylic acid groups (broad SMARTS) is 1. The molecule has 0 saturated heterocycles. The number of benzene rings is 1. The normalized spacial score (nSPS) is 11.2. The molecule has 21 heavy (non-hydrogen) atoms. The van der Waals surface area contributed by atoms with Crippen LogP contribution in [0.3, 0.4) is 0 Å². The van der Waals surface area contributed by atoms with E-state index in [0.29, 0.717) is 0 Å². The van der Waals surface area contributed by atoms with E-state index >= 15 is 0 Å². The molecule has 0 heterocycles. The first kappa shape index (κ1) is 17.0. The third kappa shape index (κ3) is 5.07. The lowest BCUT2D eigenvalue weighted by Crippen LogP contribution is -2.38.